The average Bonchev–Trinajstić information content (AvgIpc) is 3.00. The number of rotatable bonds is 7. The minimum Gasteiger partial charge on any atom is -0.312 e. The van der Waals surface area contributed by atoms with Gasteiger partial charge in [0.2, 0.25) is 0 Å². The summed E-state index contributed by atoms with van der Waals surface area (Å²) in [6, 6.07) is 3.19. The molecule has 1 atom stereocenters. The Balaban J connectivity index is 1.86. The molecule has 1 unspecified atom stereocenters. The average molecular weight is 313 g/mol. The van der Waals surface area contributed by atoms with Crippen LogP contribution in [-0.4, -0.2) is 36.0 Å². The van der Waals surface area contributed by atoms with Crippen LogP contribution in [0.3, 0.4) is 0 Å². The molecule has 2 heterocycles. The lowest BCUT2D eigenvalue weighted by molar-refractivity contribution is 0.254. The predicted octanol–water partition coefficient (Wildman–Crippen LogP) is 3.74. The summed E-state index contributed by atoms with van der Waals surface area (Å²) in [5.74, 6) is 3.37. The van der Waals surface area contributed by atoms with Gasteiger partial charge in [-0.1, -0.05) is 13.8 Å². The van der Waals surface area contributed by atoms with Crippen LogP contribution < -0.4 is 5.32 Å². The minimum atomic E-state index is 0.724. The van der Waals surface area contributed by atoms with E-state index in [4.69, 9.17) is 0 Å². The fraction of sp³-hybridized carbons (Fsp3) is 0.750. The van der Waals surface area contributed by atoms with Crippen LogP contribution in [0.5, 0.6) is 0 Å². The number of hydrogen-bond donors (Lipinski definition) is 1. The van der Waals surface area contributed by atoms with Crippen LogP contribution in [0.1, 0.15) is 35.6 Å². The molecule has 20 heavy (non-hydrogen) atoms. The molecule has 114 valence electrons. The van der Waals surface area contributed by atoms with Gasteiger partial charge >= 0.3 is 0 Å². The van der Waals surface area contributed by atoms with Crippen molar-refractivity contribution < 1.29 is 0 Å². The quantitative estimate of drug-likeness (QED) is 0.826. The van der Waals surface area contributed by atoms with Crippen molar-refractivity contribution in [3.63, 3.8) is 0 Å². The van der Waals surface area contributed by atoms with Crippen molar-refractivity contribution in [3.8, 4) is 0 Å². The van der Waals surface area contributed by atoms with Crippen molar-refractivity contribution in [3.05, 3.63) is 21.4 Å². The van der Waals surface area contributed by atoms with Gasteiger partial charge in [-0.2, -0.15) is 11.8 Å². The van der Waals surface area contributed by atoms with E-state index in [2.05, 4.69) is 55.9 Å². The second kappa shape index (κ2) is 7.83. The monoisotopic (exact) mass is 312 g/mol. The SMILES string of the molecule is Cc1sc(CNCC(C)C)cc1CN(C)C1CCSC1. The smallest absolute Gasteiger partial charge is 0.0300 e. The number of aryl methyl sites for hydroxylation is 1. The molecule has 1 saturated heterocycles. The van der Waals surface area contributed by atoms with E-state index in [-0.39, 0.29) is 0 Å². The maximum Gasteiger partial charge on any atom is 0.0300 e. The highest BCUT2D eigenvalue weighted by molar-refractivity contribution is 7.99. The van der Waals surface area contributed by atoms with E-state index in [0.717, 1.165) is 31.6 Å². The van der Waals surface area contributed by atoms with Gasteiger partial charge in [0.1, 0.15) is 0 Å². The van der Waals surface area contributed by atoms with E-state index in [1.807, 2.05) is 11.3 Å². The van der Waals surface area contributed by atoms with Crippen LogP contribution in [0.15, 0.2) is 6.07 Å². The van der Waals surface area contributed by atoms with Gasteiger partial charge in [-0.25, -0.2) is 0 Å². The zero-order chi connectivity index (χ0) is 14.5. The number of thioether (sulfide) groups is 1. The van der Waals surface area contributed by atoms with Crippen LogP contribution in [0.2, 0.25) is 0 Å². The lowest BCUT2D eigenvalue weighted by Crippen LogP contribution is -2.30. The molecule has 1 N–H and O–H groups in total. The normalized spacial score (nSPS) is 19.4. The van der Waals surface area contributed by atoms with Crippen molar-refractivity contribution >= 4 is 23.1 Å². The molecule has 0 spiro atoms. The lowest BCUT2D eigenvalue weighted by atomic mass is 10.2. The summed E-state index contributed by atoms with van der Waals surface area (Å²) in [7, 11) is 2.28. The van der Waals surface area contributed by atoms with Crippen LogP contribution in [0.25, 0.3) is 0 Å². The summed E-state index contributed by atoms with van der Waals surface area (Å²) in [6.07, 6.45) is 1.35. The Kier molecular flexibility index (Phi) is 6.40. The number of nitrogens with one attached hydrogen (secondary N) is 1. The third kappa shape index (κ3) is 4.76. The molecule has 0 amide bonds. The molecule has 0 aromatic carbocycles. The summed E-state index contributed by atoms with van der Waals surface area (Å²) in [5.41, 5.74) is 1.52. The molecule has 4 heteroatoms. The van der Waals surface area contributed by atoms with E-state index >= 15 is 0 Å². The summed E-state index contributed by atoms with van der Waals surface area (Å²) < 4.78 is 0. The number of nitrogens with zero attached hydrogens (tertiary/aromatic N) is 1. The maximum atomic E-state index is 3.54. The van der Waals surface area contributed by atoms with Crippen molar-refractivity contribution in [1.29, 1.82) is 0 Å². The van der Waals surface area contributed by atoms with Gasteiger partial charge < -0.3 is 5.32 Å². The van der Waals surface area contributed by atoms with E-state index in [0.29, 0.717) is 0 Å². The van der Waals surface area contributed by atoms with Gasteiger partial charge in [-0.15, -0.1) is 11.3 Å². The van der Waals surface area contributed by atoms with E-state index in [1.54, 1.807) is 0 Å². The van der Waals surface area contributed by atoms with Gasteiger partial charge in [0.15, 0.2) is 0 Å². The molecule has 0 aliphatic carbocycles. The molecular formula is C16H28N2S2. The van der Waals surface area contributed by atoms with Gasteiger partial charge in [-0.05, 0) is 50.2 Å². The fourth-order valence-corrected chi connectivity index (χ4v) is 4.91. The summed E-state index contributed by atoms with van der Waals surface area (Å²) in [4.78, 5) is 5.51. The van der Waals surface area contributed by atoms with Crippen molar-refractivity contribution in [1.82, 2.24) is 10.2 Å². The minimum absolute atomic E-state index is 0.724. The summed E-state index contributed by atoms with van der Waals surface area (Å²) in [6.45, 7) is 10.0. The second-order valence-corrected chi connectivity index (χ2v) is 8.74. The van der Waals surface area contributed by atoms with E-state index in [1.165, 1.54) is 33.2 Å². The second-order valence-electron chi connectivity index (χ2n) is 6.25. The van der Waals surface area contributed by atoms with Gasteiger partial charge in [0.25, 0.3) is 0 Å². The van der Waals surface area contributed by atoms with Crippen molar-refractivity contribution in [2.45, 2.75) is 46.3 Å². The molecule has 0 radical (unpaired) electrons. The maximum absolute atomic E-state index is 3.54. The fourth-order valence-electron chi connectivity index (χ4n) is 2.58. The zero-order valence-corrected chi connectivity index (χ0v) is 14.9. The Hall–Kier alpha value is -0.0300. The van der Waals surface area contributed by atoms with Crippen LogP contribution in [0, 0.1) is 12.8 Å². The van der Waals surface area contributed by atoms with Crippen LogP contribution >= 0.6 is 23.1 Å². The Morgan fingerprint density at radius 1 is 1.45 bits per heavy atom. The molecule has 0 saturated carbocycles. The molecule has 2 rings (SSSR count). The number of thiophene rings is 1. The van der Waals surface area contributed by atoms with Crippen molar-refractivity contribution in [2.75, 3.05) is 25.1 Å². The highest BCUT2D eigenvalue weighted by atomic mass is 32.2. The first kappa shape index (κ1) is 16.3. The Labute approximate surface area is 132 Å². The van der Waals surface area contributed by atoms with Crippen molar-refractivity contribution in [2.24, 2.45) is 5.92 Å². The number of hydrogen-bond acceptors (Lipinski definition) is 4. The standard InChI is InChI=1S/C16H28N2S2/c1-12(2)8-17-9-16-7-14(13(3)20-16)10-18(4)15-5-6-19-11-15/h7,12,15,17H,5-6,8-11H2,1-4H3. The van der Waals surface area contributed by atoms with Gasteiger partial charge in [0.05, 0.1) is 0 Å². The molecule has 1 fully saturated rings. The molecule has 0 bridgehead atoms. The Bertz CT molecular complexity index is 409. The van der Waals surface area contributed by atoms with Gasteiger partial charge in [0, 0.05) is 34.6 Å². The lowest BCUT2D eigenvalue weighted by Gasteiger charge is -2.23. The topological polar surface area (TPSA) is 15.3 Å². The molecule has 1 aliphatic heterocycles. The molecule has 1 aromatic heterocycles. The van der Waals surface area contributed by atoms with Crippen LogP contribution in [-0.2, 0) is 13.1 Å². The first-order valence-electron chi connectivity index (χ1n) is 7.63. The largest absolute Gasteiger partial charge is 0.312 e. The van der Waals surface area contributed by atoms with Crippen LogP contribution in [0.4, 0.5) is 0 Å². The third-order valence-corrected chi connectivity index (χ3v) is 6.11. The Morgan fingerprint density at radius 3 is 2.90 bits per heavy atom. The predicted molar refractivity (Wildman–Crippen MR) is 92.8 cm³/mol. The molecule has 1 aliphatic rings. The van der Waals surface area contributed by atoms with Gasteiger partial charge in [-0.3, -0.25) is 4.90 Å². The summed E-state index contributed by atoms with van der Waals surface area (Å²) in [5, 5.41) is 3.54. The first-order valence-corrected chi connectivity index (χ1v) is 9.60. The van der Waals surface area contributed by atoms with E-state index < -0.39 is 0 Å². The summed E-state index contributed by atoms with van der Waals surface area (Å²) >= 11 is 4.05. The zero-order valence-electron chi connectivity index (χ0n) is 13.2. The Morgan fingerprint density at radius 2 is 2.25 bits per heavy atom. The van der Waals surface area contributed by atoms with E-state index in [9.17, 15) is 0 Å². The highest BCUT2D eigenvalue weighted by Crippen LogP contribution is 2.26. The molecule has 2 nitrogen and oxygen atoms in total. The molecular weight excluding hydrogens is 284 g/mol. The highest BCUT2D eigenvalue weighted by Gasteiger charge is 2.20. The first-order chi connectivity index (χ1) is 9.56. The molecule has 1 aromatic rings. The third-order valence-electron chi connectivity index (χ3n) is 3.87.